The number of thiazole rings is 1. The molecule has 140 valence electrons. The van der Waals surface area contributed by atoms with Crippen molar-refractivity contribution < 1.29 is 0 Å². The van der Waals surface area contributed by atoms with Gasteiger partial charge in [-0.15, -0.1) is 11.3 Å². The van der Waals surface area contributed by atoms with Crippen molar-refractivity contribution in [3.05, 3.63) is 89.6 Å². The Kier molecular flexibility index (Phi) is 6.01. The third-order valence-corrected chi connectivity index (χ3v) is 5.04. The molecule has 0 radical (unpaired) electrons. The number of pyridine rings is 2. The first-order chi connectivity index (χ1) is 13.9. The zero-order chi connectivity index (χ0) is 19.0. The monoisotopic (exact) mass is 387 g/mol. The van der Waals surface area contributed by atoms with E-state index >= 15 is 0 Å². The van der Waals surface area contributed by atoms with Crippen molar-refractivity contribution in [2.75, 3.05) is 11.9 Å². The topological polar surface area (TPSA) is 62.7 Å². The molecule has 3 aromatic heterocycles. The van der Waals surface area contributed by atoms with E-state index in [4.69, 9.17) is 0 Å². The van der Waals surface area contributed by atoms with Crippen molar-refractivity contribution in [3.63, 3.8) is 0 Å². The number of aromatic nitrogens is 3. The summed E-state index contributed by atoms with van der Waals surface area (Å²) < 4.78 is 0. The predicted molar refractivity (Wildman–Crippen MR) is 115 cm³/mol. The lowest BCUT2D eigenvalue weighted by Gasteiger charge is -2.08. The first-order valence-corrected chi connectivity index (χ1v) is 10.1. The molecule has 0 atom stereocenters. The molecule has 0 amide bonds. The molecular formula is C22H21N5S. The highest BCUT2D eigenvalue weighted by molar-refractivity contribution is 7.13. The lowest BCUT2D eigenvalue weighted by Crippen LogP contribution is -2.16. The number of hydrogen-bond acceptors (Lipinski definition) is 6. The van der Waals surface area contributed by atoms with Gasteiger partial charge in [0, 0.05) is 24.3 Å². The molecule has 0 aliphatic carbocycles. The molecule has 4 aromatic rings. The molecule has 4 rings (SSSR count). The fraction of sp³-hybridized carbons (Fsp3) is 0.136. The van der Waals surface area contributed by atoms with Gasteiger partial charge in [-0.25, -0.2) is 15.0 Å². The van der Waals surface area contributed by atoms with Crippen LogP contribution < -0.4 is 10.6 Å². The Morgan fingerprint density at radius 1 is 0.821 bits per heavy atom. The van der Waals surface area contributed by atoms with Crippen LogP contribution in [0.15, 0.2) is 78.4 Å². The molecule has 0 unspecified atom stereocenters. The second-order valence-corrected chi connectivity index (χ2v) is 7.23. The molecule has 2 N–H and O–H groups in total. The second-order valence-electron chi connectivity index (χ2n) is 6.33. The summed E-state index contributed by atoms with van der Waals surface area (Å²) >= 11 is 1.58. The highest BCUT2D eigenvalue weighted by Crippen LogP contribution is 2.22. The summed E-state index contributed by atoms with van der Waals surface area (Å²) in [6.07, 6.45) is 4.70. The van der Waals surface area contributed by atoms with Gasteiger partial charge in [-0.2, -0.15) is 0 Å². The Balaban J connectivity index is 1.29. The molecule has 6 heteroatoms. The minimum atomic E-state index is 0.758. The molecule has 28 heavy (non-hydrogen) atoms. The van der Waals surface area contributed by atoms with Gasteiger partial charge >= 0.3 is 0 Å². The van der Waals surface area contributed by atoms with Crippen molar-refractivity contribution in [2.45, 2.75) is 13.0 Å². The largest absolute Gasteiger partial charge is 0.325 e. The van der Waals surface area contributed by atoms with Crippen LogP contribution >= 0.6 is 11.3 Å². The molecule has 1 aromatic carbocycles. The minimum absolute atomic E-state index is 0.758. The maximum atomic E-state index is 4.61. The van der Waals surface area contributed by atoms with Crippen LogP contribution in [-0.4, -0.2) is 21.5 Å². The van der Waals surface area contributed by atoms with Crippen LogP contribution in [0.5, 0.6) is 0 Å². The zero-order valence-electron chi connectivity index (χ0n) is 15.4. The number of anilines is 2. The predicted octanol–water partition coefficient (Wildman–Crippen LogP) is 4.68. The van der Waals surface area contributed by atoms with Gasteiger partial charge < -0.3 is 10.6 Å². The molecule has 0 saturated carbocycles. The lowest BCUT2D eigenvalue weighted by atomic mass is 10.1. The molecule has 3 heterocycles. The van der Waals surface area contributed by atoms with E-state index in [1.165, 1.54) is 5.56 Å². The lowest BCUT2D eigenvalue weighted by molar-refractivity contribution is 0.685. The molecule has 0 aliphatic rings. The van der Waals surface area contributed by atoms with Crippen molar-refractivity contribution in [1.82, 2.24) is 20.3 Å². The molecule has 0 saturated heterocycles. The van der Waals surface area contributed by atoms with E-state index in [0.717, 1.165) is 47.4 Å². The van der Waals surface area contributed by atoms with Gasteiger partial charge in [0.25, 0.3) is 0 Å². The Labute approximate surface area is 168 Å². The molecule has 5 nitrogen and oxygen atoms in total. The van der Waals surface area contributed by atoms with E-state index in [1.54, 1.807) is 17.5 Å². The fourth-order valence-electron chi connectivity index (χ4n) is 2.82. The number of rotatable bonds is 8. The summed E-state index contributed by atoms with van der Waals surface area (Å²) in [5, 5.41) is 9.58. The van der Waals surface area contributed by atoms with Crippen LogP contribution in [0.2, 0.25) is 0 Å². The molecule has 0 aliphatic heterocycles. The maximum Gasteiger partial charge on any atom is 0.141 e. The summed E-state index contributed by atoms with van der Waals surface area (Å²) in [6, 6.07) is 20.4. The average molecular weight is 388 g/mol. The Morgan fingerprint density at radius 2 is 1.75 bits per heavy atom. The van der Waals surface area contributed by atoms with Gasteiger partial charge in [-0.05, 0) is 42.3 Å². The van der Waals surface area contributed by atoms with Crippen LogP contribution in [0.3, 0.4) is 0 Å². The maximum absolute atomic E-state index is 4.61. The SMILES string of the molecule is c1ccc(CCNCc2ccc(Nc3cccc(-c4nccs4)n3)nc2)cc1. The summed E-state index contributed by atoms with van der Waals surface area (Å²) in [5.41, 5.74) is 3.36. The third-order valence-electron chi connectivity index (χ3n) is 4.24. The summed E-state index contributed by atoms with van der Waals surface area (Å²) in [7, 11) is 0. The van der Waals surface area contributed by atoms with E-state index in [0.29, 0.717) is 0 Å². The third kappa shape index (κ3) is 5.00. The highest BCUT2D eigenvalue weighted by Gasteiger charge is 2.04. The second kappa shape index (κ2) is 9.21. The van der Waals surface area contributed by atoms with Crippen molar-refractivity contribution >= 4 is 23.0 Å². The van der Waals surface area contributed by atoms with Crippen LogP contribution in [0.25, 0.3) is 10.7 Å². The van der Waals surface area contributed by atoms with Crippen LogP contribution in [0.1, 0.15) is 11.1 Å². The molecular weight excluding hydrogens is 366 g/mol. The van der Waals surface area contributed by atoms with Gasteiger partial charge in [0.2, 0.25) is 0 Å². The summed E-state index contributed by atoms with van der Waals surface area (Å²) in [5.74, 6) is 1.53. The molecule has 0 spiro atoms. The first-order valence-electron chi connectivity index (χ1n) is 9.20. The Bertz CT molecular complexity index is 985. The van der Waals surface area contributed by atoms with Gasteiger partial charge in [0.1, 0.15) is 22.3 Å². The summed E-state index contributed by atoms with van der Waals surface area (Å²) in [4.78, 5) is 13.4. The van der Waals surface area contributed by atoms with E-state index < -0.39 is 0 Å². The van der Waals surface area contributed by atoms with Crippen LogP contribution in [-0.2, 0) is 13.0 Å². The highest BCUT2D eigenvalue weighted by atomic mass is 32.1. The minimum Gasteiger partial charge on any atom is -0.325 e. The van der Waals surface area contributed by atoms with E-state index in [9.17, 15) is 0 Å². The van der Waals surface area contributed by atoms with Crippen LogP contribution in [0, 0.1) is 0 Å². The Morgan fingerprint density at radius 3 is 2.54 bits per heavy atom. The van der Waals surface area contributed by atoms with Gasteiger partial charge in [-0.1, -0.05) is 42.5 Å². The van der Waals surface area contributed by atoms with Crippen molar-refractivity contribution in [2.24, 2.45) is 0 Å². The van der Waals surface area contributed by atoms with Gasteiger partial charge in [-0.3, -0.25) is 0 Å². The van der Waals surface area contributed by atoms with E-state index in [2.05, 4.69) is 55.9 Å². The summed E-state index contributed by atoms with van der Waals surface area (Å²) in [6.45, 7) is 1.75. The van der Waals surface area contributed by atoms with Crippen LogP contribution in [0.4, 0.5) is 11.6 Å². The fourth-order valence-corrected chi connectivity index (χ4v) is 3.42. The van der Waals surface area contributed by atoms with Gasteiger partial charge in [0.05, 0.1) is 0 Å². The average Bonchev–Trinajstić information content (AvgIpc) is 3.28. The normalized spacial score (nSPS) is 10.7. The quantitative estimate of drug-likeness (QED) is 0.430. The molecule has 0 bridgehead atoms. The number of benzene rings is 1. The van der Waals surface area contributed by atoms with Gasteiger partial charge in [0.15, 0.2) is 0 Å². The standard InChI is InChI=1S/C22H21N5S/c1-2-5-17(6-3-1)11-12-23-15-18-9-10-20(25-16-18)27-21-8-4-7-19(26-21)22-24-13-14-28-22/h1-10,13-14,16,23H,11-12,15H2,(H,25,26,27). The van der Waals surface area contributed by atoms with Crippen molar-refractivity contribution in [1.29, 1.82) is 0 Å². The Hall–Kier alpha value is -3.09. The first kappa shape index (κ1) is 18.3. The van der Waals surface area contributed by atoms with Crippen molar-refractivity contribution in [3.8, 4) is 10.7 Å². The smallest absolute Gasteiger partial charge is 0.141 e. The number of hydrogen-bond donors (Lipinski definition) is 2. The zero-order valence-corrected chi connectivity index (χ0v) is 16.2. The van der Waals surface area contributed by atoms with E-state index in [1.807, 2.05) is 41.9 Å². The van der Waals surface area contributed by atoms with E-state index in [-0.39, 0.29) is 0 Å². The number of nitrogens with one attached hydrogen (secondary N) is 2. The molecule has 0 fully saturated rings. The number of nitrogens with zero attached hydrogens (tertiary/aromatic N) is 3.